The molecule has 5 nitrogen and oxygen atoms in total. The van der Waals surface area contributed by atoms with E-state index in [1.54, 1.807) is 19.2 Å². The van der Waals surface area contributed by atoms with Gasteiger partial charge < -0.3 is 20.6 Å². The maximum Gasteiger partial charge on any atom is 0.170 e. The Balaban J connectivity index is 3.05. The molecule has 106 valence electrons. The number of oxime groups is 1. The molecule has 1 aromatic carbocycles. The number of nitrogens with two attached hydrogens (primary N) is 1. The van der Waals surface area contributed by atoms with Crippen molar-refractivity contribution in [2.75, 3.05) is 25.2 Å². The van der Waals surface area contributed by atoms with Crippen LogP contribution in [0.3, 0.4) is 0 Å². The third-order valence-electron chi connectivity index (χ3n) is 2.82. The largest absolute Gasteiger partial charge is 0.409 e. The molecule has 0 aliphatic heterocycles. The summed E-state index contributed by atoms with van der Waals surface area (Å²) in [5, 5.41) is 11.4. The topological polar surface area (TPSA) is 71.1 Å². The molecule has 0 bridgehead atoms. The first-order valence-corrected chi connectivity index (χ1v) is 6.04. The Bertz CT molecular complexity index is 450. The Hall–Kier alpha value is -1.82. The van der Waals surface area contributed by atoms with Gasteiger partial charge in [-0.3, -0.25) is 0 Å². The van der Waals surface area contributed by atoms with Gasteiger partial charge in [-0.2, -0.15) is 0 Å². The number of benzene rings is 1. The zero-order valence-corrected chi connectivity index (χ0v) is 11.4. The van der Waals surface area contributed by atoms with Gasteiger partial charge in [0.2, 0.25) is 0 Å². The standard InChI is InChI=1S/C13H20FN3O2/c1-9(2)17(6-7-19-3)12-5-4-10(8-11(12)14)13(15)16-18/h4-5,8-9,18H,6-7H2,1-3H3,(H2,15,16). The number of methoxy groups -OCH3 is 1. The molecular formula is C13H20FN3O2. The molecule has 0 heterocycles. The minimum atomic E-state index is -0.408. The second-order valence-electron chi connectivity index (χ2n) is 4.43. The molecule has 0 saturated carbocycles. The average molecular weight is 269 g/mol. The highest BCUT2D eigenvalue weighted by Crippen LogP contribution is 2.22. The summed E-state index contributed by atoms with van der Waals surface area (Å²) in [4.78, 5) is 1.90. The predicted molar refractivity (Wildman–Crippen MR) is 73.3 cm³/mol. The van der Waals surface area contributed by atoms with Gasteiger partial charge in [-0.15, -0.1) is 0 Å². The molecule has 1 aromatic rings. The van der Waals surface area contributed by atoms with Crippen LogP contribution in [0.15, 0.2) is 23.4 Å². The summed E-state index contributed by atoms with van der Waals surface area (Å²) in [5.74, 6) is -0.521. The van der Waals surface area contributed by atoms with Crippen molar-refractivity contribution in [3.05, 3.63) is 29.6 Å². The van der Waals surface area contributed by atoms with Gasteiger partial charge in [0, 0.05) is 25.3 Å². The van der Waals surface area contributed by atoms with Crippen LogP contribution < -0.4 is 10.6 Å². The second kappa shape index (κ2) is 6.94. The highest BCUT2D eigenvalue weighted by molar-refractivity contribution is 5.97. The smallest absolute Gasteiger partial charge is 0.170 e. The van der Waals surface area contributed by atoms with Crippen LogP contribution in [0.4, 0.5) is 10.1 Å². The summed E-state index contributed by atoms with van der Waals surface area (Å²) < 4.78 is 19.1. The molecule has 0 radical (unpaired) electrons. The zero-order valence-electron chi connectivity index (χ0n) is 11.4. The first-order valence-electron chi connectivity index (χ1n) is 6.04. The van der Waals surface area contributed by atoms with E-state index >= 15 is 0 Å². The number of hydrogen-bond acceptors (Lipinski definition) is 4. The van der Waals surface area contributed by atoms with E-state index < -0.39 is 5.82 Å². The highest BCUT2D eigenvalue weighted by Gasteiger charge is 2.15. The molecule has 0 spiro atoms. The summed E-state index contributed by atoms with van der Waals surface area (Å²) in [5.41, 5.74) is 6.25. The third-order valence-corrected chi connectivity index (χ3v) is 2.82. The van der Waals surface area contributed by atoms with Crippen LogP contribution in [-0.4, -0.2) is 37.3 Å². The molecule has 0 aliphatic carbocycles. The van der Waals surface area contributed by atoms with Crippen LogP contribution in [0.2, 0.25) is 0 Å². The monoisotopic (exact) mass is 269 g/mol. The van der Waals surface area contributed by atoms with Crippen LogP contribution in [0.25, 0.3) is 0 Å². The van der Waals surface area contributed by atoms with Crippen molar-refractivity contribution >= 4 is 11.5 Å². The lowest BCUT2D eigenvalue weighted by molar-refractivity contribution is 0.203. The molecule has 0 saturated heterocycles. The van der Waals surface area contributed by atoms with E-state index in [2.05, 4.69) is 5.16 Å². The lowest BCUT2D eigenvalue weighted by atomic mass is 10.1. The van der Waals surface area contributed by atoms with Crippen molar-refractivity contribution in [1.82, 2.24) is 0 Å². The van der Waals surface area contributed by atoms with E-state index in [-0.39, 0.29) is 11.9 Å². The second-order valence-corrected chi connectivity index (χ2v) is 4.43. The van der Waals surface area contributed by atoms with Crippen LogP contribution in [0.5, 0.6) is 0 Å². The molecule has 19 heavy (non-hydrogen) atoms. The Morgan fingerprint density at radius 2 is 2.21 bits per heavy atom. The number of halogens is 1. The van der Waals surface area contributed by atoms with E-state index in [0.29, 0.717) is 24.4 Å². The van der Waals surface area contributed by atoms with E-state index in [9.17, 15) is 4.39 Å². The minimum Gasteiger partial charge on any atom is -0.409 e. The van der Waals surface area contributed by atoms with Gasteiger partial charge in [-0.1, -0.05) is 5.16 Å². The number of rotatable bonds is 6. The lowest BCUT2D eigenvalue weighted by Gasteiger charge is -2.29. The molecule has 0 aliphatic rings. The SMILES string of the molecule is COCCN(c1ccc(/C(N)=N/O)cc1F)C(C)C. The summed E-state index contributed by atoms with van der Waals surface area (Å²) in [6.07, 6.45) is 0. The summed E-state index contributed by atoms with van der Waals surface area (Å²) >= 11 is 0. The van der Waals surface area contributed by atoms with E-state index in [1.165, 1.54) is 6.07 Å². The van der Waals surface area contributed by atoms with Gasteiger partial charge in [0.05, 0.1) is 12.3 Å². The maximum atomic E-state index is 14.1. The van der Waals surface area contributed by atoms with Gasteiger partial charge >= 0.3 is 0 Å². The fraction of sp³-hybridized carbons (Fsp3) is 0.462. The summed E-state index contributed by atoms with van der Waals surface area (Å²) in [6, 6.07) is 4.64. The Labute approximate surface area is 112 Å². The van der Waals surface area contributed by atoms with Gasteiger partial charge in [0.15, 0.2) is 5.84 Å². The molecule has 0 unspecified atom stereocenters. The van der Waals surface area contributed by atoms with Crippen molar-refractivity contribution in [1.29, 1.82) is 0 Å². The van der Waals surface area contributed by atoms with Crippen molar-refractivity contribution < 1.29 is 14.3 Å². The number of anilines is 1. The molecular weight excluding hydrogens is 249 g/mol. The zero-order chi connectivity index (χ0) is 14.4. The summed E-state index contributed by atoms with van der Waals surface area (Å²) in [7, 11) is 1.61. The van der Waals surface area contributed by atoms with E-state index in [0.717, 1.165) is 0 Å². The van der Waals surface area contributed by atoms with Gasteiger partial charge in [-0.25, -0.2) is 4.39 Å². The number of amidine groups is 1. The normalized spacial score (nSPS) is 11.9. The van der Waals surface area contributed by atoms with Crippen molar-refractivity contribution in [3.63, 3.8) is 0 Å². The Kier molecular flexibility index (Phi) is 5.57. The minimum absolute atomic E-state index is 0.113. The van der Waals surface area contributed by atoms with Crippen molar-refractivity contribution in [3.8, 4) is 0 Å². The Morgan fingerprint density at radius 1 is 1.53 bits per heavy atom. The maximum absolute atomic E-state index is 14.1. The van der Waals surface area contributed by atoms with Crippen LogP contribution in [-0.2, 0) is 4.74 Å². The third kappa shape index (κ3) is 3.82. The van der Waals surface area contributed by atoms with Crippen molar-refractivity contribution in [2.45, 2.75) is 19.9 Å². The molecule has 1 rings (SSSR count). The Morgan fingerprint density at radius 3 is 2.68 bits per heavy atom. The fourth-order valence-electron chi connectivity index (χ4n) is 1.80. The van der Waals surface area contributed by atoms with Crippen LogP contribution >= 0.6 is 0 Å². The molecule has 0 amide bonds. The van der Waals surface area contributed by atoms with E-state index in [1.807, 2.05) is 18.7 Å². The van der Waals surface area contributed by atoms with Gasteiger partial charge in [-0.05, 0) is 32.0 Å². The first kappa shape index (κ1) is 15.2. The molecule has 0 atom stereocenters. The summed E-state index contributed by atoms with van der Waals surface area (Å²) in [6.45, 7) is 5.06. The van der Waals surface area contributed by atoms with Gasteiger partial charge in [0.1, 0.15) is 5.82 Å². The molecule has 3 N–H and O–H groups in total. The van der Waals surface area contributed by atoms with E-state index in [4.69, 9.17) is 15.7 Å². The van der Waals surface area contributed by atoms with Gasteiger partial charge in [0.25, 0.3) is 0 Å². The van der Waals surface area contributed by atoms with Crippen molar-refractivity contribution in [2.24, 2.45) is 10.9 Å². The average Bonchev–Trinajstić information content (AvgIpc) is 2.39. The predicted octanol–water partition coefficient (Wildman–Crippen LogP) is 1.78. The number of nitrogens with zero attached hydrogens (tertiary/aromatic N) is 2. The van der Waals surface area contributed by atoms with Crippen LogP contribution in [0, 0.1) is 5.82 Å². The lowest BCUT2D eigenvalue weighted by Crippen LogP contribution is -2.34. The molecule has 0 aromatic heterocycles. The quantitative estimate of drug-likeness (QED) is 0.357. The highest BCUT2D eigenvalue weighted by atomic mass is 19.1. The number of hydrogen-bond donors (Lipinski definition) is 2. The first-order chi connectivity index (χ1) is 9.01. The van der Waals surface area contributed by atoms with Crippen LogP contribution in [0.1, 0.15) is 19.4 Å². The molecule has 0 fully saturated rings. The number of ether oxygens (including phenoxy) is 1. The molecule has 6 heteroatoms. The fourth-order valence-corrected chi connectivity index (χ4v) is 1.80.